The predicted molar refractivity (Wildman–Crippen MR) is 85.8 cm³/mol. The van der Waals surface area contributed by atoms with Crippen LogP contribution in [0.1, 0.15) is 32.4 Å². The minimum Gasteiger partial charge on any atom is -1.00 e. The van der Waals surface area contributed by atoms with E-state index >= 15 is 0 Å². The van der Waals surface area contributed by atoms with E-state index < -0.39 is 0 Å². The van der Waals surface area contributed by atoms with Crippen molar-refractivity contribution < 1.29 is 38.5 Å². The van der Waals surface area contributed by atoms with Gasteiger partial charge in [0.25, 0.3) is 0 Å². The molecule has 0 amide bonds. The Labute approximate surface area is 152 Å². The summed E-state index contributed by atoms with van der Waals surface area (Å²) in [6.07, 6.45) is 0. The second kappa shape index (κ2) is 9.19. The minimum atomic E-state index is -0.274. The van der Waals surface area contributed by atoms with Crippen molar-refractivity contribution in [2.45, 2.75) is 26.8 Å². The van der Waals surface area contributed by atoms with Gasteiger partial charge in [-0.1, -0.05) is 37.3 Å². The van der Waals surface area contributed by atoms with Crippen LogP contribution in [0.5, 0.6) is 0 Å². The molecule has 0 aliphatic carbocycles. The molecule has 0 saturated carbocycles. The second-order valence-corrected chi connectivity index (χ2v) is 5.91. The van der Waals surface area contributed by atoms with Crippen LogP contribution in [0, 0.1) is 0 Å². The first-order valence-corrected chi connectivity index (χ1v) is 8.12. The number of carbonyl (C=O) groups is 1. The summed E-state index contributed by atoms with van der Waals surface area (Å²) >= 11 is 1.69. The second-order valence-electron chi connectivity index (χ2n) is 4.63. The average Bonchev–Trinajstić information content (AvgIpc) is 2.48. The Morgan fingerprint density at radius 1 is 1.32 bits per heavy atom. The van der Waals surface area contributed by atoms with Gasteiger partial charge in [-0.15, -0.1) is 0 Å². The molecule has 2 N–H and O–H groups in total. The van der Waals surface area contributed by atoms with E-state index in [1.807, 2.05) is 44.2 Å². The van der Waals surface area contributed by atoms with E-state index in [9.17, 15) is 4.79 Å². The maximum absolute atomic E-state index is 12.3. The maximum atomic E-state index is 12.3. The van der Waals surface area contributed by atoms with Crippen molar-refractivity contribution in [2.75, 3.05) is 12.4 Å². The normalized spacial score (nSPS) is 17.2. The van der Waals surface area contributed by atoms with E-state index in [1.165, 1.54) is 0 Å². The van der Waals surface area contributed by atoms with Crippen molar-refractivity contribution in [2.24, 2.45) is 0 Å². The number of allylic oxidation sites excluding steroid dienone is 1. The lowest BCUT2D eigenvalue weighted by molar-refractivity contribution is -0.498. The molecule has 0 fully saturated rings. The molecule has 1 heterocycles. The van der Waals surface area contributed by atoms with Crippen LogP contribution < -0.4 is 34.3 Å². The summed E-state index contributed by atoms with van der Waals surface area (Å²) in [5.41, 5.74) is 2.54. The summed E-state index contributed by atoms with van der Waals surface area (Å²) in [5.74, 6) is 0.684. The average molecular weight is 432 g/mol. The predicted octanol–water partition coefficient (Wildman–Crippen LogP) is -1.64. The van der Waals surface area contributed by atoms with Crippen LogP contribution in [-0.4, -0.2) is 23.5 Å². The monoisotopic (exact) mass is 432 g/mol. The molecule has 2 rings (SSSR count). The third kappa shape index (κ3) is 4.49. The molecule has 1 aliphatic rings. The molecule has 1 aliphatic heterocycles. The number of ether oxygens (including phenoxy) is 1. The molecular weight excluding hydrogens is 411 g/mol. The van der Waals surface area contributed by atoms with Crippen molar-refractivity contribution in [3.05, 3.63) is 47.2 Å². The topological polar surface area (TPSA) is 52.3 Å². The van der Waals surface area contributed by atoms with Crippen LogP contribution in [0.3, 0.4) is 0 Å². The number of esters is 1. The lowest BCUT2D eigenvalue weighted by atomic mass is 9.97. The molecule has 0 aromatic heterocycles. The number of carbonyl (C=O) groups excluding carboxylic acids is 1. The molecule has 6 heteroatoms. The van der Waals surface area contributed by atoms with E-state index in [-0.39, 0.29) is 36.0 Å². The summed E-state index contributed by atoms with van der Waals surface area (Å²) in [6, 6.07) is 9.78. The summed E-state index contributed by atoms with van der Waals surface area (Å²) in [6.45, 7) is 6.20. The fourth-order valence-corrected chi connectivity index (χ4v) is 3.01. The van der Waals surface area contributed by atoms with Crippen molar-refractivity contribution in [1.82, 2.24) is 5.32 Å². The highest BCUT2D eigenvalue weighted by Gasteiger charge is 2.34. The number of halogens is 1. The summed E-state index contributed by atoms with van der Waals surface area (Å²) in [5, 5.41) is 4.22. The Balaban J connectivity index is 0.00000242. The lowest BCUT2D eigenvalue weighted by Gasteiger charge is -2.20. The largest absolute Gasteiger partial charge is 1.00 e. The molecule has 0 saturated heterocycles. The Bertz CT molecular complexity index is 573. The molecule has 4 nitrogen and oxygen atoms in total. The lowest BCUT2D eigenvalue weighted by Crippen LogP contribution is -3.00. The van der Waals surface area contributed by atoms with Gasteiger partial charge in [-0.2, -0.15) is 0 Å². The maximum Gasteiger partial charge on any atom is 0.342 e. The van der Waals surface area contributed by atoms with Gasteiger partial charge in [-0.05, 0) is 25.6 Å². The zero-order valence-electron chi connectivity index (χ0n) is 13.0. The smallest absolute Gasteiger partial charge is 0.342 e. The number of nitrogens with one attached hydrogen (secondary N) is 2. The third-order valence-corrected chi connectivity index (χ3v) is 3.98. The van der Waals surface area contributed by atoms with Crippen molar-refractivity contribution in [3.8, 4) is 0 Å². The van der Waals surface area contributed by atoms with Gasteiger partial charge in [0.2, 0.25) is 0 Å². The Morgan fingerprint density at radius 3 is 2.59 bits per heavy atom. The van der Waals surface area contributed by atoms with Gasteiger partial charge in [-0.3, -0.25) is 4.99 Å². The number of benzene rings is 1. The molecule has 0 spiro atoms. The number of amidine groups is 1. The van der Waals surface area contributed by atoms with Crippen LogP contribution in [0.4, 0.5) is 0 Å². The van der Waals surface area contributed by atoms with Crippen LogP contribution in [0.2, 0.25) is 0 Å². The van der Waals surface area contributed by atoms with Gasteiger partial charge in [0.15, 0.2) is 6.04 Å². The molecule has 1 atom stereocenters. The molecule has 120 valence electrons. The molecule has 22 heavy (non-hydrogen) atoms. The van der Waals surface area contributed by atoms with Crippen LogP contribution in [0.25, 0.3) is 0 Å². The van der Waals surface area contributed by atoms with Crippen LogP contribution in [0.15, 0.2) is 41.6 Å². The van der Waals surface area contributed by atoms with Gasteiger partial charge in [-0.25, -0.2) is 10.1 Å². The number of hydrogen-bond acceptors (Lipinski definition) is 4. The van der Waals surface area contributed by atoms with Gasteiger partial charge in [0.05, 0.1) is 6.61 Å². The molecule has 1 aromatic carbocycles. The van der Waals surface area contributed by atoms with Crippen molar-refractivity contribution in [3.63, 3.8) is 0 Å². The van der Waals surface area contributed by atoms with E-state index in [0.717, 1.165) is 22.2 Å². The zero-order valence-corrected chi connectivity index (χ0v) is 16.0. The van der Waals surface area contributed by atoms with Gasteiger partial charge >= 0.3 is 11.1 Å². The van der Waals surface area contributed by atoms with Crippen LogP contribution in [-0.2, 0) is 9.53 Å². The first-order chi connectivity index (χ1) is 10.2. The van der Waals surface area contributed by atoms with Gasteiger partial charge in [0.1, 0.15) is 11.3 Å². The van der Waals surface area contributed by atoms with E-state index in [2.05, 4.69) is 17.2 Å². The minimum absolute atomic E-state index is 0. The van der Waals surface area contributed by atoms with Gasteiger partial charge < -0.3 is 28.7 Å². The number of rotatable bonds is 4. The standard InChI is InChI=1S/C16H20N2O2S.HI/c1-4-20-15(19)13-11(3)17-16(21-5-2)18-14(13)12-9-7-6-8-10-12;/h6-10,14H,4-5H2,1-3H3,(H,17,18);1H. The molecule has 1 aromatic rings. The first kappa shape index (κ1) is 19.0. The SMILES string of the molecule is CCOC(=O)C1=C(C)NC(SCC)=[NH+]C1c1ccccc1.[I-]. The molecule has 0 bridgehead atoms. The highest BCUT2D eigenvalue weighted by molar-refractivity contribution is 8.13. The van der Waals surface area contributed by atoms with E-state index in [1.54, 1.807) is 11.8 Å². The molecule has 1 unspecified atom stereocenters. The summed E-state index contributed by atoms with van der Waals surface area (Å²) < 4.78 is 5.21. The van der Waals surface area contributed by atoms with Gasteiger partial charge in [0, 0.05) is 11.3 Å². The zero-order chi connectivity index (χ0) is 15.2. The first-order valence-electron chi connectivity index (χ1n) is 7.13. The number of hydrogen-bond donors (Lipinski definition) is 2. The Morgan fingerprint density at radius 2 is 2.00 bits per heavy atom. The highest BCUT2D eigenvalue weighted by Crippen LogP contribution is 2.23. The van der Waals surface area contributed by atoms with E-state index in [4.69, 9.17) is 4.74 Å². The van der Waals surface area contributed by atoms with E-state index in [0.29, 0.717) is 12.2 Å². The van der Waals surface area contributed by atoms with Crippen molar-refractivity contribution in [1.29, 1.82) is 0 Å². The number of thioether (sulfide) groups is 1. The van der Waals surface area contributed by atoms with Crippen LogP contribution >= 0.6 is 11.8 Å². The van der Waals surface area contributed by atoms with Crippen molar-refractivity contribution >= 4 is 22.9 Å². The highest BCUT2D eigenvalue weighted by atomic mass is 127. The Hall–Kier alpha value is -1.02. The molecular formula is C16H21IN2O2S. The summed E-state index contributed by atoms with van der Waals surface area (Å²) in [4.78, 5) is 15.7. The summed E-state index contributed by atoms with van der Waals surface area (Å²) in [7, 11) is 0. The quantitative estimate of drug-likeness (QED) is 0.443. The fraction of sp³-hybridized carbons (Fsp3) is 0.375. The Kier molecular flexibility index (Phi) is 7.95. The fourth-order valence-electron chi connectivity index (χ4n) is 2.29. The molecule has 0 radical (unpaired) electrons. The third-order valence-electron chi connectivity index (χ3n) is 3.19.